The molecule has 1 aliphatic rings. The summed E-state index contributed by atoms with van der Waals surface area (Å²) in [7, 11) is -3.80. The molecule has 2 aromatic rings. The van der Waals surface area contributed by atoms with Gasteiger partial charge in [0.25, 0.3) is 5.91 Å². The minimum Gasteiger partial charge on any atom is -0.339 e. The summed E-state index contributed by atoms with van der Waals surface area (Å²) >= 11 is 12.1. The summed E-state index contributed by atoms with van der Waals surface area (Å²) in [4.78, 5) is 18.5. The molecule has 3 rings (SSSR count). The van der Waals surface area contributed by atoms with Crippen molar-refractivity contribution < 1.29 is 13.2 Å². The number of pyridine rings is 1. The maximum atomic E-state index is 12.8. The van der Waals surface area contributed by atoms with E-state index in [0.29, 0.717) is 24.6 Å². The Bertz CT molecular complexity index is 935. The second-order valence-electron chi connectivity index (χ2n) is 6.82. The van der Waals surface area contributed by atoms with E-state index in [-0.39, 0.29) is 32.3 Å². The summed E-state index contributed by atoms with van der Waals surface area (Å²) in [6, 6.07) is 7.68. The molecule has 0 radical (unpaired) electrons. The van der Waals surface area contributed by atoms with Gasteiger partial charge >= 0.3 is 0 Å². The Labute approximate surface area is 169 Å². The molecular weight excluding hydrogens is 407 g/mol. The zero-order chi connectivity index (χ0) is 19.6. The summed E-state index contributed by atoms with van der Waals surface area (Å²) in [5.74, 6) is 0.139. The van der Waals surface area contributed by atoms with E-state index in [4.69, 9.17) is 23.2 Å². The maximum Gasteiger partial charge on any atom is 0.253 e. The van der Waals surface area contributed by atoms with Crippen molar-refractivity contribution in [2.45, 2.75) is 30.4 Å². The SMILES string of the molecule is CC1CCN(C(=O)c2ccnc(CS(=O)(=O)c3c(Cl)cccc3Cl)c2)CC1. The number of piperidine rings is 1. The van der Waals surface area contributed by atoms with Gasteiger partial charge in [0.2, 0.25) is 0 Å². The van der Waals surface area contributed by atoms with Gasteiger partial charge in [-0.3, -0.25) is 9.78 Å². The van der Waals surface area contributed by atoms with E-state index >= 15 is 0 Å². The third-order valence-corrected chi connectivity index (χ3v) is 7.29. The van der Waals surface area contributed by atoms with Gasteiger partial charge in [0, 0.05) is 24.8 Å². The Morgan fingerprint density at radius 1 is 1.19 bits per heavy atom. The van der Waals surface area contributed by atoms with Crippen LogP contribution >= 0.6 is 23.2 Å². The van der Waals surface area contributed by atoms with Gasteiger partial charge in [-0.05, 0) is 43.0 Å². The van der Waals surface area contributed by atoms with E-state index in [1.807, 2.05) is 0 Å². The molecule has 0 saturated carbocycles. The van der Waals surface area contributed by atoms with Crippen LogP contribution in [0.15, 0.2) is 41.4 Å². The molecule has 5 nitrogen and oxygen atoms in total. The van der Waals surface area contributed by atoms with Crippen molar-refractivity contribution in [3.8, 4) is 0 Å². The molecule has 0 spiro atoms. The first-order valence-electron chi connectivity index (χ1n) is 8.69. The van der Waals surface area contributed by atoms with Crippen LogP contribution in [0.4, 0.5) is 0 Å². The van der Waals surface area contributed by atoms with Gasteiger partial charge in [0.15, 0.2) is 9.84 Å². The van der Waals surface area contributed by atoms with Crippen molar-refractivity contribution >= 4 is 38.9 Å². The standard InChI is InChI=1S/C19H20Cl2N2O3S/c1-13-6-9-23(10-7-13)19(24)14-5-8-22-15(11-14)12-27(25,26)18-16(20)3-2-4-17(18)21/h2-5,8,11,13H,6-7,9-10,12H2,1H3. The van der Waals surface area contributed by atoms with E-state index in [0.717, 1.165) is 12.8 Å². The molecule has 0 unspecified atom stereocenters. The van der Waals surface area contributed by atoms with Crippen LogP contribution in [0.2, 0.25) is 10.0 Å². The molecule has 1 fully saturated rings. The highest BCUT2D eigenvalue weighted by Gasteiger charge is 2.25. The highest BCUT2D eigenvalue weighted by atomic mass is 35.5. The topological polar surface area (TPSA) is 67.3 Å². The summed E-state index contributed by atoms with van der Waals surface area (Å²) in [6.07, 6.45) is 3.41. The fourth-order valence-electron chi connectivity index (χ4n) is 3.13. The number of amides is 1. The highest BCUT2D eigenvalue weighted by Crippen LogP contribution is 2.31. The first-order chi connectivity index (χ1) is 12.8. The van der Waals surface area contributed by atoms with E-state index < -0.39 is 9.84 Å². The van der Waals surface area contributed by atoms with Crippen LogP contribution in [0.25, 0.3) is 0 Å². The maximum absolute atomic E-state index is 12.8. The average Bonchev–Trinajstić information content (AvgIpc) is 2.61. The lowest BCUT2D eigenvalue weighted by molar-refractivity contribution is 0.0697. The summed E-state index contributed by atoms with van der Waals surface area (Å²) in [5, 5.41) is 0.134. The molecule has 8 heteroatoms. The third-order valence-electron chi connectivity index (χ3n) is 4.70. The summed E-state index contributed by atoms with van der Waals surface area (Å²) in [6.45, 7) is 3.60. The molecule has 2 heterocycles. The monoisotopic (exact) mass is 426 g/mol. The molecule has 27 heavy (non-hydrogen) atoms. The zero-order valence-electron chi connectivity index (χ0n) is 14.9. The fraction of sp³-hybridized carbons (Fsp3) is 0.368. The Hall–Kier alpha value is -1.63. The predicted octanol–water partition coefficient (Wildman–Crippen LogP) is 4.23. The average molecular weight is 427 g/mol. The molecule has 0 atom stereocenters. The Balaban J connectivity index is 1.83. The van der Waals surface area contributed by atoms with Crippen molar-refractivity contribution in [3.05, 3.63) is 57.8 Å². The van der Waals surface area contributed by atoms with Crippen LogP contribution in [0.5, 0.6) is 0 Å². The van der Waals surface area contributed by atoms with Gasteiger partial charge in [0.05, 0.1) is 21.5 Å². The smallest absolute Gasteiger partial charge is 0.253 e. The lowest BCUT2D eigenvalue weighted by Gasteiger charge is -2.30. The minimum atomic E-state index is -3.80. The second kappa shape index (κ2) is 8.17. The number of carbonyl (C=O) groups is 1. The van der Waals surface area contributed by atoms with Crippen LogP contribution in [0, 0.1) is 5.92 Å². The van der Waals surface area contributed by atoms with E-state index in [1.165, 1.54) is 24.4 Å². The first kappa shape index (κ1) is 20.1. The van der Waals surface area contributed by atoms with Gasteiger partial charge in [0.1, 0.15) is 4.90 Å². The molecule has 0 bridgehead atoms. The number of rotatable bonds is 4. The van der Waals surface area contributed by atoms with Crippen molar-refractivity contribution in [3.63, 3.8) is 0 Å². The normalized spacial score (nSPS) is 15.7. The number of benzene rings is 1. The molecule has 0 N–H and O–H groups in total. The molecular formula is C19H20Cl2N2O3S. The zero-order valence-corrected chi connectivity index (χ0v) is 17.2. The molecule has 1 aliphatic heterocycles. The minimum absolute atomic E-state index is 0.0668. The lowest BCUT2D eigenvalue weighted by atomic mass is 9.98. The third kappa shape index (κ3) is 4.62. The second-order valence-corrected chi connectivity index (χ2v) is 9.56. The summed E-state index contributed by atoms with van der Waals surface area (Å²) in [5.41, 5.74) is 0.720. The molecule has 1 amide bonds. The van der Waals surface area contributed by atoms with Gasteiger partial charge in [-0.1, -0.05) is 36.2 Å². The Kier molecular flexibility index (Phi) is 6.08. The van der Waals surface area contributed by atoms with Crippen LogP contribution in [0.1, 0.15) is 35.8 Å². The largest absolute Gasteiger partial charge is 0.339 e. The molecule has 1 aromatic heterocycles. The number of aromatic nitrogens is 1. The highest BCUT2D eigenvalue weighted by molar-refractivity contribution is 7.90. The number of hydrogen-bond acceptors (Lipinski definition) is 4. The van der Waals surface area contributed by atoms with Crippen LogP contribution in [-0.2, 0) is 15.6 Å². The number of sulfone groups is 1. The quantitative estimate of drug-likeness (QED) is 0.732. The van der Waals surface area contributed by atoms with Crippen LogP contribution in [0.3, 0.4) is 0 Å². The van der Waals surface area contributed by atoms with Gasteiger partial charge in [-0.25, -0.2) is 8.42 Å². The van der Waals surface area contributed by atoms with Gasteiger partial charge < -0.3 is 4.90 Å². The Morgan fingerprint density at radius 2 is 1.81 bits per heavy atom. The van der Waals surface area contributed by atoms with E-state index in [9.17, 15) is 13.2 Å². The molecule has 0 aliphatic carbocycles. The number of halogens is 2. The van der Waals surface area contributed by atoms with Crippen molar-refractivity contribution in [2.75, 3.05) is 13.1 Å². The summed E-state index contributed by atoms with van der Waals surface area (Å²) < 4.78 is 25.5. The van der Waals surface area contributed by atoms with E-state index in [2.05, 4.69) is 11.9 Å². The number of likely N-dealkylation sites (tertiary alicyclic amines) is 1. The first-order valence-corrected chi connectivity index (χ1v) is 11.1. The lowest BCUT2D eigenvalue weighted by Crippen LogP contribution is -2.37. The number of nitrogens with zero attached hydrogens (tertiary/aromatic N) is 2. The molecule has 1 aromatic carbocycles. The van der Waals surface area contributed by atoms with Crippen molar-refractivity contribution in [1.29, 1.82) is 0 Å². The van der Waals surface area contributed by atoms with Crippen molar-refractivity contribution in [2.24, 2.45) is 5.92 Å². The number of hydrogen-bond donors (Lipinski definition) is 0. The molecule has 1 saturated heterocycles. The fourth-order valence-corrected chi connectivity index (χ4v) is 5.66. The van der Waals surface area contributed by atoms with Crippen LogP contribution < -0.4 is 0 Å². The number of carbonyl (C=O) groups excluding carboxylic acids is 1. The molecule has 144 valence electrons. The van der Waals surface area contributed by atoms with E-state index in [1.54, 1.807) is 17.0 Å². The van der Waals surface area contributed by atoms with Crippen LogP contribution in [-0.4, -0.2) is 37.3 Å². The van der Waals surface area contributed by atoms with Gasteiger partial charge in [-0.15, -0.1) is 0 Å². The predicted molar refractivity (Wildman–Crippen MR) is 106 cm³/mol. The van der Waals surface area contributed by atoms with Gasteiger partial charge in [-0.2, -0.15) is 0 Å². The Morgan fingerprint density at radius 3 is 2.44 bits per heavy atom. The van der Waals surface area contributed by atoms with Crippen molar-refractivity contribution in [1.82, 2.24) is 9.88 Å².